The molecule has 1 amide bonds. The van der Waals surface area contributed by atoms with Crippen LogP contribution >= 0.6 is 0 Å². The normalized spacial score (nSPS) is 11.3. The number of aliphatic carboxylic acids is 1. The molecule has 0 bridgehead atoms. The zero-order chi connectivity index (χ0) is 14.6. The number of carboxylic acids is 1. The highest BCUT2D eigenvalue weighted by atomic mass is 32.2. The number of sulfonamides is 1. The average Bonchev–Trinajstić information content (AvgIpc) is 2.85. The summed E-state index contributed by atoms with van der Waals surface area (Å²) in [7, 11) is -1.12. The summed E-state index contributed by atoms with van der Waals surface area (Å²) < 4.78 is 29.8. The Morgan fingerprint density at radius 2 is 2.05 bits per heavy atom. The van der Waals surface area contributed by atoms with Gasteiger partial charge in [-0.15, -0.1) is 0 Å². The SMILES string of the molecule is CNS(=O)(=O)c1ccc(C(=O)N(C)CCC(=O)O)o1. The van der Waals surface area contributed by atoms with Crippen LogP contribution in [0, 0.1) is 0 Å². The fourth-order valence-corrected chi connectivity index (χ4v) is 1.88. The van der Waals surface area contributed by atoms with Gasteiger partial charge in [0, 0.05) is 13.6 Å². The Balaban J connectivity index is 2.82. The zero-order valence-electron chi connectivity index (χ0n) is 10.4. The lowest BCUT2D eigenvalue weighted by Gasteiger charge is -2.13. The summed E-state index contributed by atoms with van der Waals surface area (Å²) in [6.07, 6.45) is -0.204. The van der Waals surface area contributed by atoms with E-state index in [2.05, 4.69) is 4.72 Å². The third-order valence-corrected chi connectivity index (χ3v) is 3.62. The van der Waals surface area contributed by atoms with Crippen LogP contribution < -0.4 is 4.72 Å². The predicted octanol–water partition coefficient (Wildman–Crippen LogP) is -0.266. The van der Waals surface area contributed by atoms with Crippen molar-refractivity contribution in [2.75, 3.05) is 20.6 Å². The summed E-state index contributed by atoms with van der Waals surface area (Å²) >= 11 is 0. The Morgan fingerprint density at radius 1 is 1.42 bits per heavy atom. The van der Waals surface area contributed by atoms with Crippen molar-refractivity contribution in [3.8, 4) is 0 Å². The topological polar surface area (TPSA) is 117 Å². The number of hydrogen-bond acceptors (Lipinski definition) is 5. The summed E-state index contributed by atoms with van der Waals surface area (Å²) in [4.78, 5) is 23.3. The van der Waals surface area contributed by atoms with Crippen LogP contribution in [0.2, 0.25) is 0 Å². The van der Waals surface area contributed by atoms with Gasteiger partial charge < -0.3 is 14.4 Å². The first-order valence-electron chi connectivity index (χ1n) is 5.28. The number of furan rings is 1. The minimum absolute atomic E-state index is 0.00295. The van der Waals surface area contributed by atoms with Gasteiger partial charge in [-0.2, -0.15) is 0 Å². The molecule has 0 spiro atoms. The number of amides is 1. The summed E-state index contributed by atoms with van der Waals surface area (Å²) in [5, 5.41) is 8.14. The first-order chi connectivity index (χ1) is 8.77. The lowest BCUT2D eigenvalue weighted by Crippen LogP contribution is -2.28. The predicted molar refractivity (Wildman–Crippen MR) is 64.2 cm³/mol. The monoisotopic (exact) mass is 290 g/mol. The van der Waals surface area contributed by atoms with Crippen LogP contribution in [0.4, 0.5) is 0 Å². The average molecular weight is 290 g/mol. The second-order valence-electron chi connectivity index (χ2n) is 3.70. The highest BCUT2D eigenvalue weighted by Crippen LogP contribution is 2.14. The van der Waals surface area contributed by atoms with Gasteiger partial charge in [-0.3, -0.25) is 9.59 Å². The number of nitrogens with one attached hydrogen (secondary N) is 1. The van der Waals surface area contributed by atoms with E-state index in [1.807, 2.05) is 0 Å². The van der Waals surface area contributed by atoms with E-state index >= 15 is 0 Å². The van der Waals surface area contributed by atoms with Crippen molar-refractivity contribution in [3.05, 3.63) is 17.9 Å². The smallest absolute Gasteiger partial charge is 0.305 e. The van der Waals surface area contributed by atoms with E-state index in [0.29, 0.717) is 0 Å². The van der Waals surface area contributed by atoms with E-state index in [1.165, 1.54) is 20.2 Å². The molecule has 0 aromatic carbocycles. The van der Waals surface area contributed by atoms with Gasteiger partial charge in [0.1, 0.15) is 0 Å². The summed E-state index contributed by atoms with van der Waals surface area (Å²) in [5.74, 6) is -1.78. The van der Waals surface area contributed by atoms with Crippen molar-refractivity contribution >= 4 is 21.9 Å². The zero-order valence-corrected chi connectivity index (χ0v) is 11.2. The van der Waals surface area contributed by atoms with E-state index < -0.39 is 21.9 Å². The van der Waals surface area contributed by atoms with Crippen molar-refractivity contribution in [3.63, 3.8) is 0 Å². The molecule has 19 heavy (non-hydrogen) atoms. The minimum atomic E-state index is -3.74. The van der Waals surface area contributed by atoms with Gasteiger partial charge in [0.05, 0.1) is 6.42 Å². The van der Waals surface area contributed by atoms with E-state index in [4.69, 9.17) is 9.52 Å². The molecule has 1 heterocycles. The second-order valence-corrected chi connectivity index (χ2v) is 5.51. The molecule has 9 heteroatoms. The second kappa shape index (κ2) is 5.85. The van der Waals surface area contributed by atoms with Gasteiger partial charge in [-0.25, -0.2) is 13.1 Å². The maximum atomic E-state index is 11.8. The maximum absolute atomic E-state index is 11.8. The Bertz CT molecular complexity index is 577. The van der Waals surface area contributed by atoms with Gasteiger partial charge in [0.2, 0.25) is 5.09 Å². The first-order valence-corrected chi connectivity index (χ1v) is 6.77. The Morgan fingerprint density at radius 3 is 2.58 bits per heavy atom. The van der Waals surface area contributed by atoms with Crippen LogP contribution in [0.3, 0.4) is 0 Å². The van der Waals surface area contributed by atoms with Gasteiger partial charge in [-0.1, -0.05) is 0 Å². The summed E-state index contributed by atoms with van der Waals surface area (Å²) in [6.45, 7) is 0.00295. The Kier molecular flexibility index (Phi) is 4.67. The number of carbonyl (C=O) groups is 2. The molecule has 0 aliphatic carbocycles. The van der Waals surface area contributed by atoms with E-state index in [-0.39, 0.29) is 23.8 Å². The molecule has 0 fully saturated rings. The highest BCUT2D eigenvalue weighted by Gasteiger charge is 2.21. The maximum Gasteiger partial charge on any atom is 0.305 e. The molecule has 0 unspecified atom stereocenters. The van der Waals surface area contributed by atoms with Crippen molar-refractivity contribution in [2.24, 2.45) is 0 Å². The number of carboxylic acid groups (broad SMARTS) is 1. The summed E-state index contributed by atoms with van der Waals surface area (Å²) in [6, 6.07) is 2.38. The molecule has 1 rings (SSSR count). The molecule has 2 N–H and O–H groups in total. The third-order valence-electron chi connectivity index (χ3n) is 2.33. The molecule has 0 atom stereocenters. The van der Waals surface area contributed by atoms with Crippen molar-refractivity contribution in [1.82, 2.24) is 9.62 Å². The molecule has 8 nitrogen and oxygen atoms in total. The largest absolute Gasteiger partial charge is 0.481 e. The van der Waals surface area contributed by atoms with Crippen LogP contribution in [0.1, 0.15) is 17.0 Å². The third kappa shape index (κ3) is 3.80. The van der Waals surface area contributed by atoms with Crippen LogP contribution in [-0.2, 0) is 14.8 Å². The fraction of sp³-hybridized carbons (Fsp3) is 0.400. The standard InChI is InChI=1S/C10H14N2O6S/c1-11-19(16,17)9-4-3-7(18-9)10(15)12(2)6-5-8(13)14/h3-4,11H,5-6H2,1-2H3,(H,13,14). The molecule has 0 saturated heterocycles. The fourth-order valence-electron chi connectivity index (χ4n) is 1.23. The number of rotatable bonds is 6. The van der Waals surface area contributed by atoms with Crippen LogP contribution in [0.5, 0.6) is 0 Å². The van der Waals surface area contributed by atoms with E-state index in [9.17, 15) is 18.0 Å². The minimum Gasteiger partial charge on any atom is -0.481 e. The molecule has 0 radical (unpaired) electrons. The van der Waals surface area contributed by atoms with Crippen molar-refractivity contribution in [2.45, 2.75) is 11.5 Å². The van der Waals surface area contributed by atoms with E-state index in [1.54, 1.807) is 0 Å². The molecule has 0 saturated carbocycles. The molecule has 0 aliphatic heterocycles. The molecule has 106 valence electrons. The first kappa shape index (κ1) is 15.2. The van der Waals surface area contributed by atoms with Gasteiger partial charge in [-0.05, 0) is 19.2 Å². The number of hydrogen-bond donors (Lipinski definition) is 2. The highest BCUT2D eigenvalue weighted by molar-refractivity contribution is 7.89. The molecular weight excluding hydrogens is 276 g/mol. The van der Waals surface area contributed by atoms with Gasteiger partial charge >= 0.3 is 5.97 Å². The summed E-state index contributed by atoms with van der Waals surface area (Å²) in [5.41, 5.74) is 0. The van der Waals surface area contributed by atoms with Gasteiger partial charge in [0.15, 0.2) is 5.76 Å². The van der Waals surface area contributed by atoms with Crippen molar-refractivity contribution < 1.29 is 27.5 Å². The molecular formula is C10H14N2O6S. The lowest BCUT2D eigenvalue weighted by atomic mass is 10.3. The number of carbonyl (C=O) groups excluding carboxylic acids is 1. The van der Waals surface area contributed by atoms with Gasteiger partial charge in [0.25, 0.3) is 15.9 Å². The van der Waals surface area contributed by atoms with Crippen LogP contribution in [0.15, 0.2) is 21.6 Å². The Hall–Kier alpha value is -1.87. The molecule has 1 aromatic heterocycles. The number of nitrogens with zero attached hydrogens (tertiary/aromatic N) is 1. The molecule has 0 aliphatic rings. The Labute approximate surface area is 110 Å². The van der Waals surface area contributed by atoms with E-state index in [0.717, 1.165) is 11.0 Å². The molecule has 1 aromatic rings. The van der Waals surface area contributed by atoms with Crippen LogP contribution in [0.25, 0.3) is 0 Å². The van der Waals surface area contributed by atoms with Crippen LogP contribution in [-0.4, -0.2) is 50.9 Å². The van der Waals surface area contributed by atoms with Crippen molar-refractivity contribution in [1.29, 1.82) is 0 Å². The quantitative estimate of drug-likeness (QED) is 0.745. The lowest BCUT2D eigenvalue weighted by molar-refractivity contribution is -0.137.